The summed E-state index contributed by atoms with van der Waals surface area (Å²) in [7, 11) is 3.67. The van der Waals surface area contributed by atoms with Crippen molar-refractivity contribution in [2.24, 2.45) is 0 Å². The van der Waals surface area contributed by atoms with E-state index in [0.717, 1.165) is 50.9 Å². The third kappa shape index (κ3) is 8.32. The molecule has 1 fully saturated rings. The lowest BCUT2D eigenvalue weighted by Crippen LogP contribution is -2.48. The molecular formula is C29H41F2N7O3. The standard InChI is InChI=1S/C29H41F2N7O3/c1-4-40-13-14-41-12-7-5-6-11-37(2)29(39)38(3)22-10-8-9-21(16-22)35-28-25(31)19-34-27(36-28)24-18-33-26-23(24)15-20(30)17-32-26/h15,17-19,21-22H,4-14,16H2,1-3H3,(H,32,33)(H,34,35,36)/t21-,22+/m1/s1. The maximum absolute atomic E-state index is 14.7. The molecule has 41 heavy (non-hydrogen) atoms. The number of hydrogen-bond acceptors (Lipinski definition) is 7. The van der Waals surface area contributed by atoms with Crippen LogP contribution in [-0.2, 0) is 9.47 Å². The molecule has 2 atom stereocenters. The van der Waals surface area contributed by atoms with Crippen LogP contribution in [0.15, 0.2) is 24.7 Å². The number of pyridine rings is 1. The van der Waals surface area contributed by atoms with Gasteiger partial charge in [0.15, 0.2) is 17.5 Å². The van der Waals surface area contributed by atoms with E-state index in [-0.39, 0.29) is 29.8 Å². The number of carbonyl (C=O) groups is 1. The number of nitrogens with one attached hydrogen (secondary N) is 2. The van der Waals surface area contributed by atoms with Crippen LogP contribution in [0.5, 0.6) is 0 Å². The summed E-state index contributed by atoms with van der Waals surface area (Å²) in [5.41, 5.74) is 1.04. The van der Waals surface area contributed by atoms with E-state index in [4.69, 9.17) is 9.47 Å². The maximum atomic E-state index is 14.7. The predicted octanol–water partition coefficient (Wildman–Crippen LogP) is 5.23. The minimum Gasteiger partial charge on any atom is -0.379 e. The topological polar surface area (TPSA) is 108 Å². The summed E-state index contributed by atoms with van der Waals surface area (Å²) in [6, 6.07) is 1.31. The van der Waals surface area contributed by atoms with Gasteiger partial charge in [-0.1, -0.05) is 0 Å². The molecule has 2 amide bonds. The largest absolute Gasteiger partial charge is 0.379 e. The molecule has 0 radical (unpaired) electrons. The third-order valence-corrected chi connectivity index (χ3v) is 7.50. The second kappa shape index (κ2) is 15.0. The van der Waals surface area contributed by atoms with Gasteiger partial charge in [0.1, 0.15) is 11.5 Å². The number of H-pyrrole nitrogens is 1. The molecule has 3 aromatic heterocycles. The van der Waals surface area contributed by atoms with Crippen LogP contribution < -0.4 is 5.32 Å². The molecule has 224 valence electrons. The summed E-state index contributed by atoms with van der Waals surface area (Å²) >= 11 is 0. The van der Waals surface area contributed by atoms with Gasteiger partial charge in [0.2, 0.25) is 0 Å². The van der Waals surface area contributed by atoms with Gasteiger partial charge in [0.05, 0.1) is 25.6 Å². The number of ether oxygens (including phenoxy) is 2. The second-order valence-corrected chi connectivity index (χ2v) is 10.5. The SMILES string of the molecule is CCOCCOCCCCCN(C)C(=O)N(C)[C@H]1CCC[C@@H](Nc2nc(-c3c[nH]c4ncc(F)cc34)ncc2F)C1. The lowest BCUT2D eigenvalue weighted by Gasteiger charge is -2.37. The number of unbranched alkanes of at least 4 members (excludes halogenated alkanes) is 2. The predicted molar refractivity (Wildman–Crippen MR) is 154 cm³/mol. The Labute approximate surface area is 239 Å². The Hall–Kier alpha value is -3.38. The van der Waals surface area contributed by atoms with E-state index in [2.05, 4.69) is 25.3 Å². The van der Waals surface area contributed by atoms with Crippen LogP contribution in [0.25, 0.3) is 22.4 Å². The molecule has 12 heteroatoms. The Morgan fingerprint density at radius 2 is 1.93 bits per heavy atom. The molecule has 0 bridgehead atoms. The van der Waals surface area contributed by atoms with Gasteiger partial charge in [-0.05, 0) is 57.9 Å². The Bertz CT molecular complexity index is 1270. The van der Waals surface area contributed by atoms with Gasteiger partial charge in [0, 0.05) is 63.1 Å². The van der Waals surface area contributed by atoms with E-state index in [1.807, 2.05) is 21.0 Å². The van der Waals surface area contributed by atoms with Crippen molar-refractivity contribution in [3.63, 3.8) is 0 Å². The Morgan fingerprint density at radius 3 is 2.76 bits per heavy atom. The summed E-state index contributed by atoms with van der Waals surface area (Å²) in [6.45, 7) is 5.28. The molecule has 0 aromatic carbocycles. The first kappa shape index (κ1) is 30.6. The summed E-state index contributed by atoms with van der Waals surface area (Å²) < 4.78 is 39.3. The molecule has 4 rings (SSSR count). The molecule has 0 spiro atoms. The van der Waals surface area contributed by atoms with Crippen LogP contribution in [0.2, 0.25) is 0 Å². The average Bonchev–Trinajstić information content (AvgIpc) is 3.39. The summed E-state index contributed by atoms with van der Waals surface area (Å²) in [5.74, 6) is -0.683. The van der Waals surface area contributed by atoms with Crippen molar-refractivity contribution in [1.29, 1.82) is 0 Å². The molecule has 3 aromatic rings. The number of anilines is 1. The second-order valence-electron chi connectivity index (χ2n) is 10.5. The number of rotatable bonds is 14. The molecule has 1 saturated carbocycles. The summed E-state index contributed by atoms with van der Waals surface area (Å²) in [5, 5.41) is 3.76. The van der Waals surface area contributed by atoms with Crippen LogP contribution in [0, 0.1) is 11.6 Å². The lowest BCUT2D eigenvalue weighted by molar-refractivity contribution is 0.0511. The zero-order valence-electron chi connectivity index (χ0n) is 24.2. The number of fused-ring (bicyclic) bond motifs is 1. The number of amides is 2. The monoisotopic (exact) mass is 573 g/mol. The first-order valence-corrected chi connectivity index (χ1v) is 14.4. The van der Waals surface area contributed by atoms with Crippen molar-refractivity contribution < 1.29 is 23.0 Å². The third-order valence-electron chi connectivity index (χ3n) is 7.50. The van der Waals surface area contributed by atoms with Gasteiger partial charge in [0.25, 0.3) is 0 Å². The average molecular weight is 574 g/mol. The smallest absolute Gasteiger partial charge is 0.319 e. The Balaban J connectivity index is 1.28. The van der Waals surface area contributed by atoms with E-state index in [0.29, 0.717) is 56.0 Å². The van der Waals surface area contributed by atoms with Crippen LogP contribution >= 0.6 is 0 Å². The molecule has 2 N–H and O–H groups in total. The number of nitrogens with zero attached hydrogens (tertiary/aromatic N) is 5. The van der Waals surface area contributed by atoms with Gasteiger partial charge in [-0.15, -0.1) is 0 Å². The van der Waals surface area contributed by atoms with E-state index < -0.39 is 11.6 Å². The fourth-order valence-corrected chi connectivity index (χ4v) is 5.22. The van der Waals surface area contributed by atoms with Crippen molar-refractivity contribution in [3.8, 4) is 11.4 Å². The van der Waals surface area contributed by atoms with Crippen molar-refractivity contribution in [3.05, 3.63) is 36.3 Å². The molecule has 10 nitrogen and oxygen atoms in total. The van der Waals surface area contributed by atoms with Gasteiger partial charge in [-0.25, -0.2) is 28.5 Å². The highest BCUT2D eigenvalue weighted by atomic mass is 19.1. The normalized spacial score (nSPS) is 17.1. The molecule has 1 aliphatic rings. The number of hydrogen-bond donors (Lipinski definition) is 2. The molecule has 3 heterocycles. The lowest BCUT2D eigenvalue weighted by atomic mass is 9.90. The summed E-state index contributed by atoms with van der Waals surface area (Å²) in [4.78, 5) is 32.2. The van der Waals surface area contributed by atoms with Crippen molar-refractivity contribution >= 4 is 22.9 Å². The highest BCUT2D eigenvalue weighted by molar-refractivity contribution is 5.91. The molecule has 0 saturated heterocycles. The van der Waals surface area contributed by atoms with Crippen LogP contribution in [0.3, 0.4) is 0 Å². The van der Waals surface area contributed by atoms with E-state index in [1.54, 1.807) is 16.0 Å². The fraction of sp³-hybridized carbons (Fsp3) is 0.586. The van der Waals surface area contributed by atoms with Gasteiger partial charge in [-0.3, -0.25) is 0 Å². The van der Waals surface area contributed by atoms with Crippen LogP contribution in [0.1, 0.15) is 51.9 Å². The summed E-state index contributed by atoms with van der Waals surface area (Å²) in [6.07, 6.45) is 10.0. The van der Waals surface area contributed by atoms with E-state index in [9.17, 15) is 13.6 Å². The van der Waals surface area contributed by atoms with Gasteiger partial charge in [-0.2, -0.15) is 0 Å². The van der Waals surface area contributed by atoms with Crippen molar-refractivity contribution in [2.45, 2.75) is 64.0 Å². The van der Waals surface area contributed by atoms with E-state index in [1.165, 1.54) is 6.07 Å². The van der Waals surface area contributed by atoms with Crippen molar-refractivity contribution in [2.75, 3.05) is 52.4 Å². The van der Waals surface area contributed by atoms with Crippen LogP contribution in [0.4, 0.5) is 19.4 Å². The zero-order valence-corrected chi connectivity index (χ0v) is 24.2. The first-order chi connectivity index (χ1) is 19.9. The number of aromatic nitrogens is 4. The highest BCUT2D eigenvalue weighted by Crippen LogP contribution is 2.29. The van der Waals surface area contributed by atoms with Crippen LogP contribution in [-0.4, -0.2) is 94.9 Å². The maximum Gasteiger partial charge on any atom is 0.319 e. The zero-order chi connectivity index (χ0) is 29.2. The highest BCUT2D eigenvalue weighted by Gasteiger charge is 2.29. The fourth-order valence-electron chi connectivity index (χ4n) is 5.22. The molecular weight excluding hydrogens is 532 g/mol. The van der Waals surface area contributed by atoms with E-state index >= 15 is 0 Å². The number of halogens is 2. The Kier molecular flexibility index (Phi) is 11.2. The van der Waals surface area contributed by atoms with Crippen molar-refractivity contribution in [1.82, 2.24) is 29.7 Å². The number of urea groups is 1. The quantitative estimate of drug-likeness (QED) is 0.254. The minimum absolute atomic E-state index is 0.0145. The number of aromatic amines is 1. The minimum atomic E-state index is -0.566. The molecule has 0 aliphatic heterocycles. The first-order valence-electron chi connectivity index (χ1n) is 14.4. The Morgan fingerprint density at radius 1 is 1.10 bits per heavy atom. The van der Waals surface area contributed by atoms with Gasteiger partial charge >= 0.3 is 6.03 Å². The number of carbonyl (C=O) groups excluding carboxylic acids is 1. The molecule has 0 unspecified atom stereocenters. The van der Waals surface area contributed by atoms with Gasteiger partial charge < -0.3 is 29.6 Å². The molecule has 1 aliphatic carbocycles.